The fourth-order valence-corrected chi connectivity index (χ4v) is 3.64. The van der Waals surface area contributed by atoms with Crippen molar-refractivity contribution in [3.8, 4) is 11.5 Å². The van der Waals surface area contributed by atoms with E-state index in [0.717, 1.165) is 19.6 Å². The maximum atomic E-state index is 13.0. The molecule has 6 heteroatoms. The van der Waals surface area contributed by atoms with Gasteiger partial charge in [0.05, 0.1) is 13.7 Å². The Bertz CT molecular complexity index is 828. The fraction of sp³-hybridized carbons (Fsp3) is 0.458. The lowest BCUT2D eigenvalue weighted by Crippen LogP contribution is -2.48. The number of carbonyl (C=O) groups is 1. The Kier molecular flexibility index (Phi) is 7.71. The first-order valence-electron chi connectivity index (χ1n) is 10.5. The average molecular weight is 413 g/mol. The van der Waals surface area contributed by atoms with E-state index in [1.807, 2.05) is 4.90 Å². The van der Waals surface area contributed by atoms with Crippen LogP contribution in [0.4, 0.5) is 0 Å². The summed E-state index contributed by atoms with van der Waals surface area (Å²) >= 11 is 0. The molecule has 0 aliphatic carbocycles. The zero-order valence-corrected chi connectivity index (χ0v) is 18.1. The summed E-state index contributed by atoms with van der Waals surface area (Å²) < 4.78 is 10.8. The standard InChI is InChI=1S/C24H32N2O4/c1-18(2)20-6-4-19(5-7-20)17-25-10-12-26(13-11-25)24(28)21-8-9-22(29-3)23(16-21)30-15-14-27/h4-9,16,18,27H,10-15,17H2,1-3H3. The number of benzene rings is 2. The summed E-state index contributed by atoms with van der Waals surface area (Å²) in [5.41, 5.74) is 3.23. The predicted molar refractivity (Wildman–Crippen MR) is 117 cm³/mol. The molecule has 1 N–H and O–H groups in total. The van der Waals surface area contributed by atoms with Gasteiger partial charge in [-0.15, -0.1) is 0 Å². The van der Waals surface area contributed by atoms with E-state index in [-0.39, 0.29) is 19.1 Å². The van der Waals surface area contributed by atoms with Crippen LogP contribution in [-0.2, 0) is 6.54 Å². The summed E-state index contributed by atoms with van der Waals surface area (Å²) in [4.78, 5) is 17.2. The highest BCUT2D eigenvalue weighted by molar-refractivity contribution is 5.95. The van der Waals surface area contributed by atoms with Gasteiger partial charge in [-0.3, -0.25) is 9.69 Å². The molecule has 0 saturated carbocycles. The molecular weight excluding hydrogens is 380 g/mol. The molecule has 1 aliphatic rings. The van der Waals surface area contributed by atoms with Crippen LogP contribution >= 0.6 is 0 Å². The molecule has 1 saturated heterocycles. The molecule has 2 aromatic carbocycles. The van der Waals surface area contributed by atoms with Gasteiger partial charge >= 0.3 is 0 Å². The first kappa shape index (κ1) is 22.1. The number of hydrogen-bond acceptors (Lipinski definition) is 5. The number of carbonyl (C=O) groups excluding carboxylic acids is 1. The molecule has 3 rings (SSSR count). The Labute approximate surface area is 179 Å². The van der Waals surface area contributed by atoms with Crippen LogP contribution in [0.5, 0.6) is 11.5 Å². The van der Waals surface area contributed by atoms with Crippen LogP contribution in [0.1, 0.15) is 41.3 Å². The SMILES string of the molecule is COc1ccc(C(=O)N2CCN(Cc3ccc(C(C)C)cc3)CC2)cc1OCCO. The van der Waals surface area contributed by atoms with Crippen molar-refractivity contribution in [3.63, 3.8) is 0 Å². The van der Waals surface area contributed by atoms with Crippen LogP contribution in [0.15, 0.2) is 42.5 Å². The van der Waals surface area contributed by atoms with Crippen LogP contribution < -0.4 is 9.47 Å². The van der Waals surface area contributed by atoms with Gasteiger partial charge in [0.25, 0.3) is 5.91 Å². The van der Waals surface area contributed by atoms with Gasteiger partial charge in [-0.05, 0) is 35.2 Å². The summed E-state index contributed by atoms with van der Waals surface area (Å²) in [7, 11) is 1.55. The summed E-state index contributed by atoms with van der Waals surface area (Å²) in [5.74, 6) is 1.56. The van der Waals surface area contributed by atoms with E-state index < -0.39 is 0 Å². The Hall–Kier alpha value is -2.57. The Morgan fingerprint density at radius 1 is 1.03 bits per heavy atom. The minimum atomic E-state index is -0.0938. The maximum absolute atomic E-state index is 13.0. The molecule has 1 aliphatic heterocycles. The molecule has 0 atom stereocenters. The molecule has 162 valence electrons. The van der Waals surface area contributed by atoms with E-state index in [9.17, 15) is 4.79 Å². The summed E-state index contributed by atoms with van der Waals surface area (Å²) in [6, 6.07) is 14.0. The topological polar surface area (TPSA) is 62.2 Å². The average Bonchev–Trinajstić information content (AvgIpc) is 2.78. The van der Waals surface area contributed by atoms with Crippen molar-refractivity contribution in [3.05, 3.63) is 59.2 Å². The van der Waals surface area contributed by atoms with E-state index in [0.29, 0.717) is 36.1 Å². The van der Waals surface area contributed by atoms with Gasteiger partial charge in [0.1, 0.15) is 6.61 Å². The Morgan fingerprint density at radius 3 is 2.33 bits per heavy atom. The summed E-state index contributed by atoms with van der Waals surface area (Å²) in [5, 5.41) is 9.00. The third-order valence-corrected chi connectivity index (χ3v) is 5.47. The number of ether oxygens (including phenoxy) is 2. The minimum absolute atomic E-state index is 0.00700. The second-order valence-electron chi connectivity index (χ2n) is 7.90. The third kappa shape index (κ3) is 5.52. The quantitative estimate of drug-likeness (QED) is 0.722. The second-order valence-corrected chi connectivity index (χ2v) is 7.90. The molecule has 30 heavy (non-hydrogen) atoms. The molecule has 0 unspecified atom stereocenters. The van der Waals surface area contributed by atoms with Crippen molar-refractivity contribution in [1.82, 2.24) is 9.80 Å². The lowest BCUT2D eigenvalue weighted by molar-refractivity contribution is 0.0628. The molecular formula is C24H32N2O4. The van der Waals surface area contributed by atoms with E-state index in [1.165, 1.54) is 11.1 Å². The van der Waals surface area contributed by atoms with Crippen LogP contribution in [0.25, 0.3) is 0 Å². The smallest absolute Gasteiger partial charge is 0.254 e. The number of rotatable bonds is 8. The Balaban J connectivity index is 1.57. The Morgan fingerprint density at radius 2 is 1.73 bits per heavy atom. The van der Waals surface area contributed by atoms with Gasteiger partial charge in [0, 0.05) is 38.3 Å². The lowest BCUT2D eigenvalue weighted by atomic mass is 10.0. The fourth-order valence-electron chi connectivity index (χ4n) is 3.64. The van der Waals surface area contributed by atoms with Crippen molar-refractivity contribution in [2.45, 2.75) is 26.3 Å². The number of aliphatic hydroxyl groups is 1. The zero-order chi connectivity index (χ0) is 21.5. The molecule has 0 spiro atoms. The monoisotopic (exact) mass is 412 g/mol. The van der Waals surface area contributed by atoms with Crippen LogP contribution in [0.2, 0.25) is 0 Å². The minimum Gasteiger partial charge on any atom is -0.493 e. The van der Waals surface area contributed by atoms with Crippen molar-refractivity contribution >= 4 is 5.91 Å². The summed E-state index contributed by atoms with van der Waals surface area (Å²) in [6.07, 6.45) is 0. The van der Waals surface area contributed by atoms with E-state index in [1.54, 1.807) is 25.3 Å². The van der Waals surface area contributed by atoms with Crippen molar-refractivity contribution in [2.24, 2.45) is 0 Å². The second kappa shape index (κ2) is 10.5. The highest BCUT2D eigenvalue weighted by Gasteiger charge is 2.23. The lowest BCUT2D eigenvalue weighted by Gasteiger charge is -2.35. The van der Waals surface area contributed by atoms with Gasteiger partial charge in [-0.2, -0.15) is 0 Å². The first-order valence-corrected chi connectivity index (χ1v) is 10.5. The van der Waals surface area contributed by atoms with Crippen molar-refractivity contribution < 1.29 is 19.4 Å². The van der Waals surface area contributed by atoms with E-state index in [2.05, 4.69) is 43.0 Å². The number of aliphatic hydroxyl groups excluding tert-OH is 1. The van der Waals surface area contributed by atoms with E-state index >= 15 is 0 Å². The normalized spacial score (nSPS) is 14.8. The highest BCUT2D eigenvalue weighted by atomic mass is 16.5. The molecule has 0 radical (unpaired) electrons. The van der Waals surface area contributed by atoms with Gasteiger partial charge in [0.2, 0.25) is 0 Å². The predicted octanol–water partition coefficient (Wildman–Crippen LogP) is 3.15. The number of piperazine rings is 1. The highest BCUT2D eigenvalue weighted by Crippen LogP contribution is 2.28. The van der Waals surface area contributed by atoms with Crippen molar-refractivity contribution in [2.75, 3.05) is 46.5 Å². The van der Waals surface area contributed by atoms with Gasteiger partial charge in [0.15, 0.2) is 11.5 Å². The zero-order valence-electron chi connectivity index (χ0n) is 18.1. The van der Waals surface area contributed by atoms with Crippen LogP contribution in [0, 0.1) is 0 Å². The molecule has 6 nitrogen and oxygen atoms in total. The van der Waals surface area contributed by atoms with Gasteiger partial charge in [-0.25, -0.2) is 0 Å². The van der Waals surface area contributed by atoms with Gasteiger partial charge in [-0.1, -0.05) is 38.1 Å². The number of nitrogens with zero attached hydrogens (tertiary/aromatic N) is 2. The summed E-state index contributed by atoms with van der Waals surface area (Å²) in [6.45, 7) is 8.47. The molecule has 0 bridgehead atoms. The van der Waals surface area contributed by atoms with Gasteiger partial charge < -0.3 is 19.5 Å². The maximum Gasteiger partial charge on any atom is 0.254 e. The first-order chi connectivity index (χ1) is 14.5. The van der Waals surface area contributed by atoms with Crippen molar-refractivity contribution in [1.29, 1.82) is 0 Å². The molecule has 1 amide bonds. The third-order valence-electron chi connectivity index (χ3n) is 5.47. The molecule has 1 fully saturated rings. The molecule has 1 heterocycles. The molecule has 0 aromatic heterocycles. The van der Waals surface area contributed by atoms with E-state index in [4.69, 9.17) is 14.6 Å². The number of amides is 1. The largest absolute Gasteiger partial charge is 0.493 e. The van der Waals surface area contributed by atoms with Crippen LogP contribution in [0.3, 0.4) is 0 Å². The number of hydrogen-bond donors (Lipinski definition) is 1. The number of methoxy groups -OCH3 is 1. The van der Waals surface area contributed by atoms with Crippen LogP contribution in [-0.4, -0.2) is 67.3 Å². The molecule has 2 aromatic rings.